The largest absolute Gasteiger partial charge is 0.379 e. The van der Waals surface area contributed by atoms with E-state index >= 15 is 0 Å². The van der Waals surface area contributed by atoms with Gasteiger partial charge in [-0.3, -0.25) is 9.89 Å². The first-order valence-corrected chi connectivity index (χ1v) is 10.5. The molecule has 1 atom stereocenters. The molecule has 0 aliphatic carbocycles. The lowest BCUT2D eigenvalue weighted by Crippen LogP contribution is -2.38. The molecular formula is C24H35IN4O. The van der Waals surface area contributed by atoms with Gasteiger partial charge in [0.05, 0.1) is 13.2 Å². The highest BCUT2D eigenvalue weighted by Crippen LogP contribution is 2.15. The van der Waals surface area contributed by atoms with E-state index in [4.69, 9.17) is 4.74 Å². The van der Waals surface area contributed by atoms with Gasteiger partial charge in [-0.1, -0.05) is 61.0 Å². The number of hydrogen-bond donors (Lipinski definition) is 2. The van der Waals surface area contributed by atoms with Crippen molar-refractivity contribution in [2.75, 3.05) is 39.9 Å². The SMILES string of the molecule is CN=C(NCc1cccc(CN2CCOCC2)c1)NCC(C)c1ccc(C)cc1.I. The predicted molar refractivity (Wildman–Crippen MR) is 136 cm³/mol. The van der Waals surface area contributed by atoms with Crippen molar-refractivity contribution in [1.82, 2.24) is 15.5 Å². The van der Waals surface area contributed by atoms with Crippen LogP contribution < -0.4 is 10.6 Å². The zero-order valence-electron chi connectivity index (χ0n) is 18.4. The van der Waals surface area contributed by atoms with E-state index in [1.807, 2.05) is 7.05 Å². The molecule has 0 spiro atoms. The highest BCUT2D eigenvalue weighted by Gasteiger charge is 2.11. The Kier molecular flexibility index (Phi) is 10.6. The van der Waals surface area contributed by atoms with Crippen LogP contribution in [-0.2, 0) is 17.8 Å². The summed E-state index contributed by atoms with van der Waals surface area (Å²) in [5, 5.41) is 6.89. The number of hydrogen-bond acceptors (Lipinski definition) is 3. The maximum Gasteiger partial charge on any atom is 0.191 e. The molecule has 0 radical (unpaired) electrons. The Bertz CT molecular complexity index is 788. The number of nitrogens with zero attached hydrogens (tertiary/aromatic N) is 2. The van der Waals surface area contributed by atoms with Crippen LogP contribution in [0.1, 0.15) is 35.1 Å². The highest BCUT2D eigenvalue weighted by atomic mass is 127. The molecule has 0 bridgehead atoms. The maximum atomic E-state index is 5.44. The van der Waals surface area contributed by atoms with Crippen LogP contribution in [0.25, 0.3) is 0 Å². The Labute approximate surface area is 198 Å². The number of aliphatic imine (C=N–C) groups is 1. The van der Waals surface area contributed by atoms with Gasteiger partial charge in [-0.25, -0.2) is 0 Å². The van der Waals surface area contributed by atoms with E-state index < -0.39 is 0 Å². The maximum absolute atomic E-state index is 5.44. The quantitative estimate of drug-likeness (QED) is 0.329. The predicted octanol–water partition coefficient (Wildman–Crippen LogP) is 3.91. The molecule has 2 N–H and O–H groups in total. The van der Waals surface area contributed by atoms with Crippen molar-refractivity contribution in [2.24, 2.45) is 4.99 Å². The van der Waals surface area contributed by atoms with Gasteiger partial charge in [0.25, 0.3) is 0 Å². The molecule has 1 unspecified atom stereocenters. The summed E-state index contributed by atoms with van der Waals surface area (Å²) in [7, 11) is 1.82. The van der Waals surface area contributed by atoms with Gasteiger partial charge in [0.2, 0.25) is 0 Å². The summed E-state index contributed by atoms with van der Waals surface area (Å²) in [6.07, 6.45) is 0. The van der Waals surface area contributed by atoms with E-state index in [0.29, 0.717) is 5.92 Å². The van der Waals surface area contributed by atoms with Gasteiger partial charge in [0.15, 0.2) is 5.96 Å². The fraction of sp³-hybridized carbons (Fsp3) is 0.458. The first-order valence-electron chi connectivity index (χ1n) is 10.5. The Hall–Kier alpha value is -1.64. The molecule has 3 rings (SSSR count). The second-order valence-electron chi connectivity index (χ2n) is 7.83. The summed E-state index contributed by atoms with van der Waals surface area (Å²) in [5.41, 5.74) is 5.25. The zero-order chi connectivity index (χ0) is 20.5. The van der Waals surface area contributed by atoms with Crippen molar-refractivity contribution in [3.63, 3.8) is 0 Å². The number of nitrogens with one attached hydrogen (secondary N) is 2. The number of ether oxygens (including phenoxy) is 1. The molecule has 2 aromatic carbocycles. The van der Waals surface area contributed by atoms with Crippen molar-refractivity contribution in [3.05, 3.63) is 70.8 Å². The molecule has 6 heteroatoms. The van der Waals surface area contributed by atoms with Crippen LogP contribution in [0.3, 0.4) is 0 Å². The van der Waals surface area contributed by atoms with Crippen LogP contribution in [0.15, 0.2) is 53.5 Å². The van der Waals surface area contributed by atoms with E-state index in [1.165, 1.54) is 22.3 Å². The fourth-order valence-corrected chi connectivity index (χ4v) is 3.52. The Morgan fingerprint density at radius 2 is 1.77 bits per heavy atom. The molecule has 0 saturated carbocycles. The van der Waals surface area contributed by atoms with Gasteiger partial charge in [0.1, 0.15) is 0 Å². The topological polar surface area (TPSA) is 48.9 Å². The van der Waals surface area contributed by atoms with Crippen molar-refractivity contribution in [1.29, 1.82) is 0 Å². The number of aryl methyl sites for hydroxylation is 1. The summed E-state index contributed by atoms with van der Waals surface area (Å²) in [4.78, 5) is 6.82. The summed E-state index contributed by atoms with van der Waals surface area (Å²) in [6.45, 7) is 10.6. The average Bonchev–Trinajstić information content (AvgIpc) is 2.75. The lowest BCUT2D eigenvalue weighted by Gasteiger charge is -2.26. The van der Waals surface area contributed by atoms with Gasteiger partial charge in [-0.05, 0) is 29.5 Å². The van der Waals surface area contributed by atoms with Crippen LogP contribution in [0.5, 0.6) is 0 Å². The van der Waals surface area contributed by atoms with E-state index in [0.717, 1.165) is 51.9 Å². The number of benzene rings is 2. The lowest BCUT2D eigenvalue weighted by atomic mass is 10.0. The molecular weight excluding hydrogens is 487 g/mol. The third kappa shape index (κ3) is 7.89. The number of rotatable bonds is 7. The minimum Gasteiger partial charge on any atom is -0.379 e. The minimum atomic E-state index is 0. The van der Waals surface area contributed by atoms with Crippen LogP contribution in [-0.4, -0.2) is 50.8 Å². The summed E-state index contributed by atoms with van der Waals surface area (Å²) in [6, 6.07) is 17.5. The second kappa shape index (κ2) is 12.9. The van der Waals surface area contributed by atoms with Crippen LogP contribution in [0, 0.1) is 6.92 Å². The van der Waals surface area contributed by atoms with Crippen molar-refractivity contribution in [2.45, 2.75) is 32.9 Å². The van der Waals surface area contributed by atoms with Gasteiger partial charge in [-0.15, -0.1) is 24.0 Å². The zero-order valence-corrected chi connectivity index (χ0v) is 20.7. The summed E-state index contributed by atoms with van der Waals surface area (Å²) >= 11 is 0. The molecule has 1 aliphatic rings. The molecule has 5 nitrogen and oxygen atoms in total. The van der Waals surface area contributed by atoms with E-state index in [9.17, 15) is 0 Å². The molecule has 164 valence electrons. The van der Waals surface area contributed by atoms with Gasteiger partial charge in [0, 0.05) is 39.8 Å². The third-order valence-corrected chi connectivity index (χ3v) is 5.41. The number of guanidine groups is 1. The molecule has 0 amide bonds. The van der Waals surface area contributed by atoms with Crippen LogP contribution >= 0.6 is 24.0 Å². The van der Waals surface area contributed by atoms with E-state index in [1.54, 1.807) is 0 Å². The smallest absolute Gasteiger partial charge is 0.191 e. The Balaban J connectivity index is 0.00000320. The van der Waals surface area contributed by atoms with Gasteiger partial charge >= 0.3 is 0 Å². The molecule has 30 heavy (non-hydrogen) atoms. The van der Waals surface area contributed by atoms with Crippen LogP contribution in [0.4, 0.5) is 0 Å². The normalized spacial score (nSPS) is 15.9. The Morgan fingerprint density at radius 3 is 2.47 bits per heavy atom. The molecule has 1 saturated heterocycles. The standard InChI is InChI=1S/C24H34N4O.HI/c1-19-7-9-23(10-8-19)20(2)16-26-24(25-3)27-17-21-5-4-6-22(15-21)18-28-11-13-29-14-12-28;/h4-10,15,20H,11-14,16-18H2,1-3H3,(H2,25,26,27);1H. The summed E-state index contributed by atoms with van der Waals surface area (Å²) in [5.74, 6) is 1.26. The molecule has 2 aromatic rings. The van der Waals surface area contributed by atoms with Crippen molar-refractivity contribution >= 4 is 29.9 Å². The second-order valence-corrected chi connectivity index (χ2v) is 7.83. The fourth-order valence-electron chi connectivity index (χ4n) is 3.52. The van der Waals surface area contributed by atoms with Crippen LogP contribution in [0.2, 0.25) is 0 Å². The van der Waals surface area contributed by atoms with Crippen molar-refractivity contribution in [3.8, 4) is 0 Å². The monoisotopic (exact) mass is 522 g/mol. The number of morpholine rings is 1. The molecule has 0 aromatic heterocycles. The van der Waals surface area contributed by atoms with Crippen molar-refractivity contribution < 1.29 is 4.74 Å². The van der Waals surface area contributed by atoms with Gasteiger partial charge in [-0.2, -0.15) is 0 Å². The summed E-state index contributed by atoms with van der Waals surface area (Å²) < 4.78 is 5.44. The molecule has 1 aliphatic heterocycles. The average molecular weight is 522 g/mol. The molecule has 1 fully saturated rings. The van der Waals surface area contributed by atoms with Gasteiger partial charge < -0.3 is 15.4 Å². The minimum absolute atomic E-state index is 0. The van der Waals surface area contributed by atoms with E-state index in [-0.39, 0.29) is 24.0 Å². The first-order chi connectivity index (χ1) is 14.1. The number of halogens is 1. The Morgan fingerprint density at radius 1 is 1.07 bits per heavy atom. The third-order valence-electron chi connectivity index (χ3n) is 5.41. The highest BCUT2D eigenvalue weighted by molar-refractivity contribution is 14.0. The van der Waals surface area contributed by atoms with E-state index in [2.05, 4.69) is 82.9 Å². The molecule has 1 heterocycles. The first kappa shape index (κ1) is 24.6. The lowest BCUT2D eigenvalue weighted by molar-refractivity contribution is 0.0342.